The number of halogens is 13. The number of nitrogens with zero attached hydrogens (tertiary/aromatic N) is 2. The van der Waals surface area contributed by atoms with E-state index in [1.54, 1.807) is 6.07 Å². The molecule has 1 heterocycles. The van der Waals surface area contributed by atoms with Crippen molar-refractivity contribution in [3.05, 3.63) is 90.0 Å². The molecule has 3 aromatic rings. The first kappa shape index (κ1) is 55.2. The molecule has 0 saturated carbocycles. The van der Waals surface area contributed by atoms with Gasteiger partial charge in [0, 0.05) is 5.92 Å². The standard InChI is InChI=1S/C45H41F13N2O9/c1-3-28(37(63)68-22-19-40(46,47)41(48,49)42(50,51)43(52,53)44(54,55)45(56,57)58)23-30(24-34-26(2)35(61)60(36(34)62)31-9-5-4-6-10-31)38(64)67-21-8-7-20-66-32-17-13-29(14-18-32)39(65)69-33-15-11-27(25-59)12-16-33/h4-6,9-18,26,28,30,34H,3,7-8,19-24H2,1-2H3. The molecule has 0 N–H and O–H groups in total. The summed E-state index contributed by atoms with van der Waals surface area (Å²) in [4.78, 5) is 66.8. The summed E-state index contributed by atoms with van der Waals surface area (Å²) >= 11 is 0. The molecule has 0 aliphatic carbocycles. The average molecular weight is 1000 g/mol. The van der Waals surface area contributed by atoms with Crippen molar-refractivity contribution in [1.82, 2.24) is 0 Å². The van der Waals surface area contributed by atoms with Crippen molar-refractivity contribution in [1.29, 1.82) is 5.26 Å². The fourth-order valence-corrected chi connectivity index (χ4v) is 6.86. The lowest BCUT2D eigenvalue weighted by Crippen LogP contribution is -2.70. The minimum atomic E-state index is -8.10. The first-order valence-corrected chi connectivity index (χ1v) is 20.7. The van der Waals surface area contributed by atoms with Crippen LogP contribution >= 0.6 is 0 Å². The number of amides is 2. The SMILES string of the molecule is CCC(CC(CC1C(=O)N(c2ccccc2)C(=O)C1C)C(=O)OCCCCOc1ccc(C(=O)Oc2ccc(C#N)cc2)cc1)C(=O)OCCC(F)(F)C(F)(F)C(F)(F)C(F)(F)C(F)(F)C(F)(F)F. The highest BCUT2D eigenvalue weighted by Gasteiger charge is 2.90. The summed E-state index contributed by atoms with van der Waals surface area (Å²) in [6.45, 7) is 0.447. The second-order valence-corrected chi connectivity index (χ2v) is 15.7. The van der Waals surface area contributed by atoms with E-state index in [2.05, 4.69) is 4.74 Å². The summed E-state index contributed by atoms with van der Waals surface area (Å²) in [5, 5.41) is 8.91. The van der Waals surface area contributed by atoms with Crippen LogP contribution in [0.1, 0.15) is 68.3 Å². The number of carbonyl (C=O) groups excluding carboxylic acids is 5. The quantitative estimate of drug-likeness (QED) is 0.0295. The minimum absolute atomic E-state index is 0.0658. The Kier molecular flexibility index (Phi) is 17.5. The van der Waals surface area contributed by atoms with E-state index in [1.807, 2.05) is 6.07 Å². The molecule has 11 nitrogen and oxygen atoms in total. The van der Waals surface area contributed by atoms with Crippen molar-refractivity contribution in [2.75, 3.05) is 24.7 Å². The van der Waals surface area contributed by atoms with Crippen LogP contribution in [0.5, 0.6) is 11.5 Å². The number of benzene rings is 3. The molecule has 1 fully saturated rings. The van der Waals surface area contributed by atoms with E-state index in [9.17, 15) is 81.0 Å². The van der Waals surface area contributed by atoms with E-state index in [1.165, 1.54) is 86.6 Å². The van der Waals surface area contributed by atoms with Gasteiger partial charge in [0.1, 0.15) is 11.5 Å². The molecule has 3 aromatic carbocycles. The van der Waals surface area contributed by atoms with Crippen LogP contribution in [0.15, 0.2) is 78.9 Å². The predicted molar refractivity (Wildman–Crippen MR) is 213 cm³/mol. The number of hydrogen-bond donors (Lipinski definition) is 0. The van der Waals surface area contributed by atoms with Gasteiger partial charge in [0.25, 0.3) is 0 Å². The second kappa shape index (κ2) is 21.9. The van der Waals surface area contributed by atoms with Crippen LogP contribution in [-0.2, 0) is 28.7 Å². The van der Waals surface area contributed by atoms with Gasteiger partial charge < -0.3 is 18.9 Å². The van der Waals surface area contributed by atoms with Crippen molar-refractivity contribution >= 4 is 35.4 Å². The zero-order valence-electron chi connectivity index (χ0n) is 36.2. The lowest BCUT2D eigenvalue weighted by Gasteiger charge is -2.39. The molecule has 4 unspecified atom stereocenters. The van der Waals surface area contributed by atoms with Gasteiger partial charge in [-0.3, -0.25) is 24.1 Å². The maximum absolute atomic E-state index is 14.4. The number of alkyl halides is 13. The van der Waals surface area contributed by atoms with E-state index in [0.717, 1.165) is 4.90 Å². The third-order valence-electron chi connectivity index (χ3n) is 11.0. The van der Waals surface area contributed by atoms with Crippen LogP contribution in [0.2, 0.25) is 0 Å². The molecule has 0 radical (unpaired) electrons. The highest BCUT2D eigenvalue weighted by molar-refractivity contribution is 6.22. The third-order valence-corrected chi connectivity index (χ3v) is 11.0. The molecule has 69 heavy (non-hydrogen) atoms. The van der Waals surface area contributed by atoms with Gasteiger partial charge in [0.15, 0.2) is 0 Å². The summed E-state index contributed by atoms with van der Waals surface area (Å²) < 4.78 is 197. The summed E-state index contributed by atoms with van der Waals surface area (Å²) in [5.74, 6) is -47.5. The number of rotatable bonds is 23. The van der Waals surface area contributed by atoms with Gasteiger partial charge >= 0.3 is 53.7 Å². The number of carbonyl (C=O) groups is 5. The number of nitriles is 1. The molecule has 1 aliphatic heterocycles. The number of unbranched alkanes of at least 4 members (excludes halogenated alkanes) is 1. The molecule has 0 bridgehead atoms. The normalized spacial score (nSPS) is 16.9. The van der Waals surface area contributed by atoms with Crippen LogP contribution in [0.4, 0.5) is 62.8 Å². The first-order valence-electron chi connectivity index (χ1n) is 20.7. The van der Waals surface area contributed by atoms with Crippen molar-refractivity contribution in [2.24, 2.45) is 23.7 Å². The average Bonchev–Trinajstić information content (AvgIpc) is 3.50. The summed E-state index contributed by atoms with van der Waals surface area (Å²) in [6.07, 6.45) is -11.4. The van der Waals surface area contributed by atoms with Gasteiger partial charge in [-0.1, -0.05) is 32.0 Å². The Morgan fingerprint density at radius 3 is 1.77 bits per heavy atom. The zero-order chi connectivity index (χ0) is 51.8. The van der Waals surface area contributed by atoms with Gasteiger partial charge in [0.2, 0.25) is 11.8 Å². The predicted octanol–water partition coefficient (Wildman–Crippen LogP) is 10.4. The molecule has 1 aliphatic rings. The van der Waals surface area contributed by atoms with Crippen LogP contribution in [0.3, 0.4) is 0 Å². The van der Waals surface area contributed by atoms with E-state index < -0.39 is 115 Å². The van der Waals surface area contributed by atoms with Gasteiger partial charge in [-0.15, -0.1) is 0 Å². The summed E-state index contributed by atoms with van der Waals surface area (Å²) in [7, 11) is 0. The molecule has 376 valence electrons. The summed E-state index contributed by atoms with van der Waals surface area (Å²) in [6, 6.07) is 21.2. The number of esters is 3. The molecule has 4 atom stereocenters. The number of hydrogen-bond acceptors (Lipinski definition) is 10. The Hall–Kier alpha value is -6.41. The van der Waals surface area contributed by atoms with Gasteiger partial charge in [-0.05, 0) is 92.8 Å². The molecular formula is C45H41F13N2O9. The molecule has 24 heteroatoms. The number of anilines is 1. The van der Waals surface area contributed by atoms with Crippen molar-refractivity contribution in [3.63, 3.8) is 0 Å². The molecule has 1 saturated heterocycles. The number of para-hydroxylation sites is 1. The highest BCUT2D eigenvalue weighted by atomic mass is 19.4. The molecule has 4 rings (SSSR count). The number of imide groups is 1. The Morgan fingerprint density at radius 2 is 1.20 bits per heavy atom. The Balaban J connectivity index is 1.40. The largest absolute Gasteiger partial charge is 0.494 e. The fraction of sp³-hybridized carbons (Fsp3) is 0.467. The first-order chi connectivity index (χ1) is 32.1. The zero-order valence-corrected chi connectivity index (χ0v) is 36.2. The lowest BCUT2D eigenvalue weighted by molar-refractivity contribution is -0.440. The van der Waals surface area contributed by atoms with Crippen LogP contribution in [0.25, 0.3) is 0 Å². The van der Waals surface area contributed by atoms with Crippen molar-refractivity contribution in [2.45, 2.75) is 88.2 Å². The molecular weight excluding hydrogens is 959 g/mol. The molecule has 0 spiro atoms. The maximum atomic E-state index is 14.4. The lowest BCUT2D eigenvalue weighted by atomic mass is 9.82. The Bertz CT molecular complexity index is 2320. The Labute approximate surface area is 384 Å². The van der Waals surface area contributed by atoms with Crippen molar-refractivity contribution in [3.8, 4) is 17.6 Å². The van der Waals surface area contributed by atoms with E-state index in [-0.39, 0.29) is 49.5 Å². The highest BCUT2D eigenvalue weighted by Crippen LogP contribution is 2.60. The van der Waals surface area contributed by atoms with Gasteiger partial charge in [-0.2, -0.15) is 62.3 Å². The summed E-state index contributed by atoms with van der Waals surface area (Å²) in [5.41, 5.74) is 0.736. The Morgan fingerprint density at radius 1 is 0.667 bits per heavy atom. The van der Waals surface area contributed by atoms with Crippen LogP contribution in [0, 0.1) is 35.0 Å². The fourth-order valence-electron chi connectivity index (χ4n) is 6.86. The van der Waals surface area contributed by atoms with Crippen LogP contribution in [-0.4, -0.2) is 85.3 Å². The van der Waals surface area contributed by atoms with Gasteiger partial charge in [0.05, 0.1) is 66.9 Å². The third kappa shape index (κ3) is 12.1. The maximum Gasteiger partial charge on any atom is 0.460 e. The number of ether oxygens (including phenoxy) is 4. The van der Waals surface area contributed by atoms with Crippen LogP contribution < -0.4 is 14.4 Å². The van der Waals surface area contributed by atoms with Crippen molar-refractivity contribution < 1.29 is 100.0 Å². The van der Waals surface area contributed by atoms with E-state index >= 15 is 0 Å². The topological polar surface area (TPSA) is 149 Å². The molecule has 2 amide bonds. The van der Waals surface area contributed by atoms with E-state index in [4.69, 9.17) is 19.5 Å². The minimum Gasteiger partial charge on any atom is -0.494 e. The molecule has 0 aromatic heterocycles. The second-order valence-electron chi connectivity index (χ2n) is 15.7. The van der Waals surface area contributed by atoms with Gasteiger partial charge in [-0.25, -0.2) is 4.79 Å². The smallest absolute Gasteiger partial charge is 0.460 e. The monoisotopic (exact) mass is 1000 g/mol. The van der Waals surface area contributed by atoms with E-state index in [0.29, 0.717) is 11.3 Å².